The van der Waals surface area contributed by atoms with Gasteiger partial charge in [0.25, 0.3) is 0 Å². The molecule has 1 aromatic rings. The second-order valence-corrected chi connectivity index (χ2v) is 16.6. The summed E-state index contributed by atoms with van der Waals surface area (Å²) < 4.78 is 261. The van der Waals surface area contributed by atoms with E-state index in [4.69, 9.17) is 0 Å². The van der Waals surface area contributed by atoms with Gasteiger partial charge in [0.15, 0.2) is 0 Å². The normalized spacial score (nSPS) is 16.7. The molecule has 1 aromatic carbocycles. The van der Waals surface area contributed by atoms with Crippen molar-refractivity contribution >= 4 is 22.3 Å². The zero-order chi connectivity index (χ0) is 33.9. The van der Waals surface area contributed by atoms with Gasteiger partial charge in [-0.3, -0.25) is 0 Å². The van der Waals surface area contributed by atoms with Gasteiger partial charge in [0.05, 0.1) is 0 Å². The monoisotopic (exact) mass is 694 g/mol. The molecule has 0 atom stereocenters. The maximum atomic E-state index is 14.7. The van der Waals surface area contributed by atoms with E-state index >= 15 is 0 Å². The summed E-state index contributed by atoms with van der Waals surface area (Å²) in [6.45, 7) is -1.82. The fourth-order valence-electron chi connectivity index (χ4n) is 3.84. The van der Waals surface area contributed by atoms with Gasteiger partial charge in [0, 0.05) is 0 Å². The van der Waals surface area contributed by atoms with Gasteiger partial charge in [0.2, 0.25) is 0 Å². The van der Waals surface area contributed by atoms with Crippen molar-refractivity contribution in [3.05, 3.63) is 30.3 Å². The van der Waals surface area contributed by atoms with Gasteiger partial charge in [0.1, 0.15) is 0 Å². The fourth-order valence-corrected chi connectivity index (χ4v) is 11.7. The second kappa shape index (κ2) is 10.5. The van der Waals surface area contributed by atoms with E-state index in [0.29, 0.717) is 0 Å². The average Bonchev–Trinajstić information content (AvgIpc) is 2.86. The minimum absolute atomic E-state index is 0.267. The molecule has 0 aromatic heterocycles. The molecule has 0 aliphatic rings. The molecule has 0 fully saturated rings. The molecular weight excluding hydrogens is 674 g/mol. The van der Waals surface area contributed by atoms with Crippen molar-refractivity contribution in [3.8, 4) is 0 Å². The fraction of sp³-hybridized carbons (Fsp3) is 0.700. The van der Waals surface area contributed by atoms with Crippen LogP contribution in [0.5, 0.6) is 0 Å². The third-order valence-electron chi connectivity index (χ3n) is 6.91. The third kappa shape index (κ3) is 4.83. The second-order valence-electron chi connectivity index (χ2n) is 8.90. The van der Waals surface area contributed by atoms with E-state index < -0.39 is 82.4 Å². The predicted molar refractivity (Wildman–Crippen MR) is 115 cm³/mol. The molecule has 22 heteroatoms. The van der Waals surface area contributed by atoms with E-state index in [1.54, 1.807) is 0 Å². The average molecular weight is 694 g/mol. The van der Waals surface area contributed by atoms with E-state index in [-0.39, 0.29) is 5.30 Å². The van der Waals surface area contributed by atoms with Crippen LogP contribution in [-0.2, 0) is 14.1 Å². The molecule has 1 rings (SSSR count). The zero-order valence-corrected chi connectivity index (χ0v) is 22.7. The molecular formula is C20H20F17O3PS. The SMILES string of the molecule is CCP(CC)(CC)(OS(=O)(=O)C(F)(F)C(F)(F)C(F)(F)C(F)(F)C(F)(F)C(F)(F)C(F)(F)C(F)(F)F)c1ccccc1. The molecule has 0 unspecified atom stereocenters. The summed E-state index contributed by atoms with van der Waals surface area (Å²) in [7, 11) is -7.69. The summed E-state index contributed by atoms with van der Waals surface area (Å²) in [5.41, 5.74) is 0. The Morgan fingerprint density at radius 3 is 1.17 bits per heavy atom. The van der Waals surface area contributed by atoms with E-state index in [1.807, 2.05) is 0 Å². The Bertz CT molecular complexity index is 1210. The van der Waals surface area contributed by atoms with Crippen LogP contribution in [0.4, 0.5) is 74.6 Å². The third-order valence-corrected chi connectivity index (χ3v) is 16.2. The Labute approximate surface area is 226 Å². The minimum atomic E-state index is -8.90. The van der Waals surface area contributed by atoms with Gasteiger partial charge in [-0.05, 0) is 0 Å². The molecule has 0 saturated heterocycles. The Kier molecular flexibility index (Phi) is 9.58. The van der Waals surface area contributed by atoms with Crippen LogP contribution >= 0.6 is 6.83 Å². The van der Waals surface area contributed by atoms with Crippen LogP contribution in [0.2, 0.25) is 0 Å². The molecule has 0 spiro atoms. The first-order valence-corrected chi connectivity index (χ1v) is 15.2. The van der Waals surface area contributed by atoms with Crippen LogP contribution in [0.1, 0.15) is 20.8 Å². The molecule has 0 N–H and O–H groups in total. The molecule has 42 heavy (non-hydrogen) atoms. The summed E-state index contributed by atoms with van der Waals surface area (Å²) in [5, 5.41) is -7.99. The van der Waals surface area contributed by atoms with Crippen LogP contribution in [0.3, 0.4) is 0 Å². The van der Waals surface area contributed by atoms with Crippen molar-refractivity contribution < 1.29 is 87.0 Å². The van der Waals surface area contributed by atoms with Crippen molar-refractivity contribution in [2.45, 2.75) is 67.7 Å². The van der Waals surface area contributed by atoms with Crippen LogP contribution in [-0.4, -0.2) is 73.9 Å². The van der Waals surface area contributed by atoms with Crippen LogP contribution in [0.15, 0.2) is 30.3 Å². The van der Waals surface area contributed by atoms with Crippen molar-refractivity contribution in [2.75, 3.05) is 18.5 Å². The van der Waals surface area contributed by atoms with Gasteiger partial charge >= 0.3 is 226 Å². The first-order chi connectivity index (χ1) is 18.3. The molecule has 248 valence electrons. The molecule has 0 heterocycles. The molecule has 0 bridgehead atoms. The molecule has 0 radical (unpaired) electrons. The van der Waals surface area contributed by atoms with Gasteiger partial charge in [-0.15, -0.1) is 0 Å². The van der Waals surface area contributed by atoms with Gasteiger partial charge < -0.3 is 0 Å². The Hall–Kier alpha value is -1.63. The Morgan fingerprint density at radius 1 is 0.548 bits per heavy atom. The zero-order valence-electron chi connectivity index (χ0n) is 21.0. The Balaban J connectivity index is 3.92. The van der Waals surface area contributed by atoms with Gasteiger partial charge in [-0.1, -0.05) is 0 Å². The molecule has 0 aliphatic heterocycles. The summed E-state index contributed by atoms with van der Waals surface area (Å²) in [5.74, 6) is -52.0. The van der Waals surface area contributed by atoms with Gasteiger partial charge in [-0.25, -0.2) is 0 Å². The molecule has 3 nitrogen and oxygen atoms in total. The van der Waals surface area contributed by atoms with E-state index in [1.165, 1.54) is 6.07 Å². The van der Waals surface area contributed by atoms with Crippen molar-refractivity contribution in [1.82, 2.24) is 0 Å². The first-order valence-electron chi connectivity index (χ1n) is 11.1. The molecule has 0 saturated carbocycles. The first kappa shape index (κ1) is 38.4. The van der Waals surface area contributed by atoms with Gasteiger partial charge in [-0.2, -0.15) is 0 Å². The summed E-state index contributed by atoms with van der Waals surface area (Å²) in [6, 6.07) is 5.68. The quantitative estimate of drug-likeness (QED) is 0.155. The number of hydrogen-bond acceptors (Lipinski definition) is 3. The van der Waals surface area contributed by atoms with Crippen LogP contribution in [0.25, 0.3) is 0 Å². The predicted octanol–water partition coefficient (Wildman–Crippen LogP) is 8.15. The van der Waals surface area contributed by atoms with Crippen molar-refractivity contribution in [3.63, 3.8) is 0 Å². The van der Waals surface area contributed by atoms with E-state index in [2.05, 4.69) is 3.97 Å². The van der Waals surface area contributed by atoms with E-state index in [0.717, 1.165) is 45.0 Å². The molecule has 0 aliphatic carbocycles. The Morgan fingerprint density at radius 2 is 0.857 bits per heavy atom. The van der Waals surface area contributed by atoms with E-state index in [9.17, 15) is 83.1 Å². The topological polar surface area (TPSA) is 43.4 Å². The number of halogens is 17. The maximum absolute atomic E-state index is 14.7. The number of alkyl halides is 17. The summed E-state index contributed by atoms with van der Waals surface area (Å²) >= 11 is 0. The standard InChI is InChI=1S/C20H20F17O3PS/c1-4-41(5-2,6-3,12-10-8-7-9-11-12)40-42(38,39)20(36,37)18(31,32)16(27,28)14(23,24)13(21,22)15(25,26)17(29,30)19(33,34)35/h7-11H,4-6H2,1-3H3. The van der Waals surface area contributed by atoms with Crippen molar-refractivity contribution in [1.29, 1.82) is 0 Å². The number of rotatable bonds is 13. The van der Waals surface area contributed by atoms with Crippen molar-refractivity contribution in [2.24, 2.45) is 0 Å². The number of hydrogen-bond donors (Lipinski definition) is 0. The molecule has 0 amide bonds. The summed E-state index contributed by atoms with van der Waals surface area (Å²) in [4.78, 5) is 0. The summed E-state index contributed by atoms with van der Waals surface area (Å²) in [6.07, 6.45) is -9.79. The van der Waals surface area contributed by atoms with Crippen LogP contribution in [0, 0.1) is 0 Å². The van der Waals surface area contributed by atoms with Crippen LogP contribution < -0.4 is 5.30 Å². The number of benzene rings is 1.